The van der Waals surface area contributed by atoms with Crippen LogP contribution in [0.25, 0.3) is 0 Å². The van der Waals surface area contributed by atoms with Crippen molar-refractivity contribution in [1.82, 2.24) is 14.1 Å². The van der Waals surface area contributed by atoms with Gasteiger partial charge in [0.05, 0.1) is 6.10 Å². The fourth-order valence-corrected chi connectivity index (χ4v) is 5.85. The first kappa shape index (κ1) is 21.9. The molecule has 1 aromatic carbocycles. The molecule has 2 fully saturated rings. The lowest BCUT2D eigenvalue weighted by molar-refractivity contribution is -0.0252. The van der Waals surface area contributed by atoms with Crippen LogP contribution in [0.2, 0.25) is 0 Å². The molecule has 2 aliphatic heterocycles. The maximum absolute atomic E-state index is 12.9. The summed E-state index contributed by atoms with van der Waals surface area (Å²) in [7, 11) is -3.47. The Bertz CT molecular complexity index is 787. The van der Waals surface area contributed by atoms with E-state index < -0.39 is 16.2 Å². The van der Waals surface area contributed by atoms with Crippen LogP contribution in [0.15, 0.2) is 24.3 Å². The third kappa shape index (κ3) is 5.88. The van der Waals surface area contributed by atoms with Crippen LogP contribution < -0.4 is 10.8 Å². The van der Waals surface area contributed by atoms with E-state index in [1.54, 1.807) is 4.31 Å². The van der Waals surface area contributed by atoms with Gasteiger partial charge in [-0.2, -0.15) is 17.0 Å². The number of carbonyl (C=O) groups excluding carboxylic acids is 1. The molecule has 10 heteroatoms. The predicted molar refractivity (Wildman–Crippen MR) is 108 cm³/mol. The quantitative estimate of drug-likeness (QED) is 0.706. The fraction of sp³-hybridized carbons (Fsp3) is 0.632. The zero-order chi connectivity index (χ0) is 21.0. The van der Waals surface area contributed by atoms with Gasteiger partial charge >= 0.3 is 6.03 Å². The lowest BCUT2D eigenvalue weighted by Crippen LogP contribution is -2.52. The number of benzene rings is 1. The minimum Gasteiger partial charge on any atom is -0.306 e. The molecule has 0 saturated carbocycles. The van der Waals surface area contributed by atoms with Crippen molar-refractivity contribution in [3.63, 3.8) is 0 Å². The molecule has 2 unspecified atom stereocenters. The number of hydroxylamine groups is 1. The molecular weight excluding hydrogens is 399 g/mol. The molecule has 0 spiro atoms. The average molecular weight is 429 g/mol. The first-order valence-corrected chi connectivity index (χ1v) is 11.4. The third-order valence-corrected chi connectivity index (χ3v) is 7.28. The Morgan fingerprint density at radius 3 is 2.24 bits per heavy atom. The van der Waals surface area contributed by atoms with Gasteiger partial charge in [-0.05, 0) is 55.4 Å². The summed E-state index contributed by atoms with van der Waals surface area (Å²) in [4.78, 5) is 17.3. The van der Waals surface area contributed by atoms with Crippen LogP contribution in [0, 0.1) is 17.7 Å². The van der Waals surface area contributed by atoms with Gasteiger partial charge in [-0.1, -0.05) is 13.8 Å². The van der Waals surface area contributed by atoms with Crippen molar-refractivity contribution in [2.45, 2.75) is 39.2 Å². The van der Waals surface area contributed by atoms with Crippen molar-refractivity contribution in [3.8, 4) is 0 Å². The summed E-state index contributed by atoms with van der Waals surface area (Å²) < 4.78 is 41.9. The molecule has 2 heterocycles. The van der Waals surface area contributed by atoms with Gasteiger partial charge in [-0.3, -0.25) is 4.84 Å². The normalized spacial score (nSPS) is 24.9. The number of carbonyl (C=O) groups is 1. The highest BCUT2D eigenvalue weighted by molar-refractivity contribution is 7.86. The molecule has 0 bridgehead atoms. The zero-order valence-electron chi connectivity index (χ0n) is 16.8. The maximum Gasteiger partial charge on any atom is 0.343 e. The topological polar surface area (TPSA) is 91.0 Å². The van der Waals surface area contributed by atoms with Gasteiger partial charge in [-0.25, -0.2) is 14.7 Å². The van der Waals surface area contributed by atoms with Crippen molar-refractivity contribution in [3.05, 3.63) is 30.1 Å². The minimum atomic E-state index is -3.47. The molecule has 0 radical (unpaired) electrons. The van der Waals surface area contributed by atoms with Crippen LogP contribution >= 0.6 is 0 Å². The molecule has 0 aromatic heterocycles. The number of nitrogens with one attached hydrogen (secondary N) is 2. The van der Waals surface area contributed by atoms with Crippen molar-refractivity contribution >= 4 is 21.9 Å². The van der Waals surface area contributed by atoms with Crippen LogP contribution in [-0.4, -0.2) is 55.3 Å². The Hall–Kier alpha value is -1.75. The monoisotopic (exact) mass is 428 g/mol. The van der Waals surface area contributed by atoms with Crippen LogP contribution in [0.4, 0.5) is 14.9 Å². The Morgan fingerprint density at radius 2 is 1.66 bits per heavy atom. The summed E-state index contributed by atoms with van der Waals surface area (Å²) in [5.41, 5.74) is 2.76. The number of anilines is 1. The summed E-state index contributed by atoms with van der Waals surface area (Å²) in [5, 5.41) is 2.54. The van der Waals surface area contributed by atoms with E-state index >= 15 is 0 Å². The zero-order valence-corrected chi connectivity index (χ0v) is 17.6. The second-order valence-electron chi connectivity index (χ2n) is 8.05. The molecule has 2 saturated heterocycles. The molecule has 2 amide bonds. The Labute approximate surface area is 171 Å². The Balaban J connectivity index is 1.44. The van der Waals surface area contributed by atoms with Gasteiger partial charge in [-0.15, -0.1) is 0 Å². The van der Waals surface area contributed by atoms with Gasteiger partial charge in [0.1, 0.15) is 5.82 Å². The average Bonchev–Trinajstić information content (AvgIpc) is 2.68. The van der Waals surface area contributed by atoms with Crippen molar-refractivity contribution in [2.75, 3.05) is 31.5 Å². The molecule has 1 aromatic rings. The van der Waals surface area contributed by atoms with E-state index in [0.717, 1.165) is 6.42 Å². The summed E-state index contributed by atoms with van der Waals surface area (Å²) in [6, 6.07) is 4.82. The molecule has 3 rings (SSSR count). The molecule has 8 nitrogen and oxygen atoms in total. The highest BCUT2D eigenvalue weighted by atomic mass is 32.2. The summed E-state index contributed by atoms with van der Waals surface area (Å²) in [6.45, 7) is 6.01. The maximum atomic E-state index is 12.9. The first-order chi connectivity index (χ1) is 13.7. The second-order valence-corrected chi connectivity index (χ2v) is 9.98. The van der Waals surface area contributed by atoms with Gasteiger partial charge in [0.25, 0.3) is 10.2 Å². The summed E-state index contributed by atoms with van der Waals surface area (Å²) >= 11 is 0. The van der Waals surface area contributed by atoms with E-state index in [0.29, 0.717) is 56.5 Å². The van der Waals surface area contributed by atoms with Gasteiger partial charge in [0, 0.05) is 31.9 Å². The molecule has 29 heavy (non-hydrogen) atoms. The highest BCUT2D eigenvalue weighted by Gasteiger charge is 2.36. The van der Waals surface area contributed by atoms with Gasteiger partial charge < -0.3 is 5.32 Å². The molecular formula is C19H29FN4O4S. The van der Waals surface area contributed by atoms with Crippen molar-refractivity contribution < 1.29 is 22.4 Å². The van der Waals surface area contributed by atoms with Gasteiger partial charge in [0.2, 0.25) is 0 Å². The standard InChI is InChI=1S/C19H29FN4O4S/c1-14-11-15(2)13-24(12-14)29(26,27)23-9-7-18(8-10-23)28-22-19(25)21-17-5-3-16(20)4-6-17/h3-6,14-15,18H,7-13H2,1-2H3,(H2,21,22,25). The van der Waals surface area contributed by atoms with Crippen LogP contribution in [0.1, 0.15) is 33.1 Å². The van der Waals surface area contributed by atoms with Crippen molar-refractivity contribution in [2.24, 2.45) is 11.8 Å². The first-order valence-electron chi connectivity index (χ1n) is 9.97. The van der Waals surface area contributed by atoms with Gasteiger partial charge in [0.15, 0.2) is 0 Å². The minimum absolute atomic E-state index is 0.264. The van der Waals surface area contributed by atoms with E-state index in [4.69, 9.17) is 4.84 Å². The molecule has 2 aliphatic rings. The largest absolute Gasteiger partial charge is 0.343 e. The van der Waals surface area contributed by atoms with E-state index in [9.17, 15) is 17.6 Å². The van der Waals surface area contributed by atoms with E-state index in [-0.39, 0.29) is 11.9 Å². The molecule has 0 aliphatic carbocycles. The molecule has 2 atom stereocenters. The van der Waals surface area contributed by atoms with Crippen LogP contribution in [0.3, 0.4) is 0 Å². The number of hydrogen-bond donors (Lipinski definition) is 2. The Morgan fingerprint density at radius 1 is 1.07 bits per heavy atom. The van der Waals surface area contributed by atoms with E-state index in [2.05, 4.69) is 24.6 Å². The van der Waals surface area contributed by atoms with E-state index in [1.807, 2.05) is 0 Å². The van der Waals surface area contributed by atoms with E-state index in [1.165, 1.54) is 28.6 Å². The smallest absolute Gasteiger partial charge is 0.306 e. The SMILES string of the molecule is CC1CC(C)CN(S(=O)(=O)N2CCC(ONC(=O)Nc3ccc(F)cc3)CC2)C1. The van der Waals surface area contributed by atoms with Crippen LogP contribution in [-0.2, 0) is 15.0 Å². The molecule has 2 N–H and O–H groups in total. The number of piperidine rings is 2. The summed E-state index contributed by atoms with van der Waals surface area (Å²) in [5.74, 6) is 0.332. The van der Waals surface area contributed by atoms with Crippen molar-refractivity contribution in [1.29, 1.82) is 0 Å². The van der Waals surface area contributed by atoms with Crippen LogP contribution in [0.5, 0.6) is 0 Å². The Kier molecular flexibility index (Phi) is 7.10. The number of hydrogen-bond acceptors (Lipinski definition) is 4. The lowest BCUT2D eigenvalue weighted by Gasteiger charge is -2.39. The summed E-state index contributed by atoms with van der Waals surface area (Å²) in [6.07, 6.45) is 1.78. The fourth-order valence-electron chi connectivity index (χ4n) is 3.96. The number of urea groups is 1. The highest BCUT2D eigenvalue weighted by Crippen LogP contribution is 2.26. The molecule has 162 valence electrons. The second kappa shape index (κ2) is 9.38. The third-order valence-electron chi connectivity index (χ3n) is 5.31. The lowest BCUT2D eigenvalue weighted by atomic mass is 9.94. The number of halogens is 1. The number of amides is 2. The number of nitrogens with zero attached hydrogens (tertiary/aromatic N) is 2. The number of rotatable bonds is 5. The predicted octanol–water partition coefficient (Wildman–Crippen LogP) is 2.57.